The van der Waals surface area contributed by atoms with Crippen molar-refractivity contribution in [2.45, 2.75) is 26.7 Å². The normalized spacial score (nSPS) is 10.9. The van der Waals surface area contributed by atoms with Crippen molar-refractivity contribution in [1.82, 2.24) is 29.5 Å². The minimum atomic E-state index is 0. The molecular weight excluding hydrogens is 1140 g/mol. The van der Waals surface area contributed by atoms with Gasteiger partial charge in [0.05, 0.1) is 0 Å². The molecule has 0 N–H and O–H groups in total. The second kappa shape index (κ2) is 19.2. The largest absolute Gasteiger partial charge is 2.00 e. The zero-order valence-corrected chi connectivity index (χ0v) is 38.6. The van der Waals surface area contributed by atoms with E-state index in [1.807, 2.05) is 102 Å². The standard InChI is InChI=1S/C53H36N6O2.2Pt/c1-3-35-27-39(45-19-11-13-25-55-45)29-49(51(35)37-15-7-5-8-16-37)60-41-21-23-43-44-24-22-42(32-48(44)59(47(43)31-41)53-57-33-54-34-58-53)61-50-30-40(46-20-12-14-26-56-46)28-36(4-2)52(50)38-17-9-6-10-18-38;;/h5-28,33-34H,3-4H2,1-2H3;;/q-4;2*+2. The molecule has 10 aromatic rings. The number of ether oxygens (including phenoxy) is 2. The van der Waals surface area contributed by atoms with E-state index < -0.39 is 0 Å². The van der Waals surface area contributed by atoms with Crippen molar-refractivity contribution >= 4 is 21.8 Å². The van der Waals surface area contributed by atoms with Crippen molar-refractivity contribution in [2.75, 3.05) is 0 Å². The number of fused-ring (bicyclic) bond motifs is 3. The van der Waals surface area contributed by atoms with Crippen LogP contribution in [0.2, 0.25) is 0 Å². The van der Waals surface area contributed by atoms with Gasteiger partial charge in [0, 0.05) is 35.4 Å². The summed E-state index contributed by atoms with van der Waals surface area (Å²) in [6.45, 7) is 4.29. The van der Waals surface area contributed by atoms with Gasteiger partial charge in [0.2, 0.25) is 5.95 Å². The van der Waals surface area contributed by atoms with E-state index in [9.17, 15) is 0 Å². The van der Waals surface area contributed by atoms with E-state index in [1.165, 1.54) is 12.7 Å². The van der Waals surface area contributed by atoms with Crippen LogP contribution in [-0.2, 0) is 55.0 Å². The maximum atomic E-state index is 6.84. The molecule has 8 nitrogen and oxygen atoms in total. The molecule has 0 radical (unpaired) electrons. The van der Waals surface area contributed by atoms with Crippen molar-refractivity contribution < 1.29 is 51.6 Å². The number of pyridine rings is 2. The molecule has 0 atom stereocenters. The molecule has 0 fully saturated rings. The fourth-order valence-corrected chi connectivity index (χ4v) is 7.81. The van der Waals surface area contributed by atoms with Gasteiger partial charge in [-0.25, -0.2) is 15.0 Å². The van der Waals surface area contributed by atoms with Crippen molar-refractivity contribution in [3.8, 4) is 73.7 Å². The smallest absolute Gasteiger partial charge is 0.502 e. The fraction of sp³-hybridized carbons (Fsp3) is 0.0755. The maximum absolute atomic E-state index is 6.84. The Balaban J connectivity index is 0.00000272. The van der Waals surface area contributed by atoms with E-state index in [0.717, 1.165) is 79.5 Å². The number of rotatable bonds is 11. The second-order valence-corrected chi connectivity index (χ2v) is 14.3. The molecule has 4 heterocycles. The van der Waals surface area contributed by atoms with E-state index in [-0.39, 0.29) is 42.1 Å². The van der Waals surface area contributed by atoms with Crippen LogP contribution in [0.4, 0.5) is 0 Å². The summed E-state index contributed by atoms with van der Waals surface area (Å²) < 4.78 is 15.6. The SMILES string of the molecule is CCc1cc(-c2ccccn2)[c-]c(Oc2[c-]c3c(cc2)c2ccc(Oc4[c-]c(-c5ccccn5)cc(CC)c4-c4ccccc4)[c-]c2n3-c2ncncn2)c1-c1ccccc1.[Pt+2].[Pt+2]. The molecule has 10 rings (SSSR count). The predicted molar refractivity (Wildman–Crippen MR) is 239 cm³/mol. The molecule has 10 heteroatoms. The molecule has 0 aliphatic heterocycles. The van der Waals surface area contributed by atoms with Crippen LogP contribution >= 0.6 is 0 Å². The van der Waals surface area contributed by atoms with E-state index in [1.54, 1.807) is 12.4 Å². The van der Waals surface area contributed by atoms with Crippen molar-refractivity contribution in [3.05, 3.63) is 194 Å². The summed E-state index contributed by atoms with van der Waals surface area (Å²) in [6.07, 6.45) is 8.10. The summed E-state index contributed by atoms with van der Waals surface area (Å²) in [6, 6.07) is 58.8. The first-order valence-corrected chi connectivity index (χ1v) is 20.2. The topological polar surface area (TPSA) is 87.8 Å². The van der Waals surface area contributed by atoms with Gasteiger partial charge >= 0.3 is 42.1 Å². The van der Waals surface area contributed by atoms with Crippen LogP contribution < -0.4 is 9.47 Å². The summed E-state index contributed by atoms with van der Waals surface area (Å²) in [4.78, 5) is 22.5. The quantitative estimate of drug-likeness (QED) is 0.119. The van der Waals surface area contributed by atoms with Crippen LogP contribution in [-0.4, -0.2) is 29.5 Å². The molecule has 0 saturated carbocycles. The van der Waals surface area contributed by atoms with Gasteiger partial charge in [-0.1, -0.05) is 144 Å². The van der Waals surface area contributed by atoms with Gasteiger partial charge in [-0.15, -0.1) is 58.7 Å². The molecule has 0 spiro atoms. The summed E-state index contributed by atoms with van der Waals surface area (Å²) >= 11 is 0. The van der Waals surface area contributed by atoms with E-state index >= 15 is 0 Å². The number of hydrogen-bond donors (Lipinski definition) is 0. The first-order valence-electron chi connectivity index (χ1n) is 20.2. The third-order valence-corrected chi connectivity index (χ3v) is 10.6. The van der Waals surface area contributed by atoms with E-state index in [0.29, 0.717) is 40.0 Å². The number of nitrogens with zero attached hydrogens (tertiary/aromatic N) is 6. The molecule has 63 heavy (non-hydrogen) atoms. The molecule has 0 bridgehead atoms. The predicted octanol–water partition coefficient (Wildman–Crippen LogP) is 12.3. The minimum Gasteiger partial charge on any atom is -0.502 e. The molecule has 0 amide bonds. The van der Waals surface area contributed by atoms with Crippen molar-refractivity contribution in [2.24, 2.45) is 0 Å². The molecule has 0 aliphatic carbocycles. The molecule has 0 aliphatic rings. The van der Waals surface area contributed by atoms with Gasteiger partial charge in [-0.3, -0.25) is 0 Å². The van der Waals surface area contributed by atoms with Gasteiger partial charge in [0.15, 0.2) is 0 Å². The van der Waals surface area contributed by atoms with Gasteiger partial charge in [0.1, 0.15) is 12.7 Å². The summed E-state index contributed by atoms with van der Waals surface area (Å²) in [5.74, 6) is 2.56. The summed E-state index contributed by atoms with van der Waals surface area (Å²) in [7, 11) is 0. The first kappa shape index (κ1) is 43.1. The van der Waals surface area contributed by atoms with Gasteiger partial charge in [-0.2, -0.15) is 22.9 Å². The van der Waals surface area contributed by atoms with Crippen LogP contribution in [0.1, 0.15) is 25.0 Å². The molecule has 0 unspecified atom stereocenters. The zero-order valence-electron chi connectivity index (χ0n) is 34.1. The summed E-state index contributed by atoms with van der Waals surface area (Å²) in [5.41, 5.74) is 11.0. The van der Waals surface area contributed by atoms with Gasteiger partial charge in [-0.05, 0) is 36.4 Å². The fourth-order valence-electron chi connectivity index (χ4n) is 7.81. The Bertz CT molecular complexity index is 2960. The van der Waals surface area contributed by atoms with E-state index in [4.69, 9.17) is 9.47 Å². The Morgan fingerprint density at radius 1 is 0.492 bits per heavy atom. The van der Waals surface area contributed by atoms with Crippen LogP contribution in [0.15, 0.2) is 159 Å². The number of aromatic nitrogens is 6. The van der Waals surface area contributed by atoms with Crippen molar-refractivity contribution in [1.29, 1.82) is 0 Å². The Kier molecular flexibility index (Phi) is 13.1. The van der Waals surface area contributed by atoms with E-state index in [2.05, 4.69) is 99.4 Å². The van der Waals surface area contributed by atoms with Crippen molar-refractivity contribution in [3.63, 3.8) is 0 Å². The Hall–Kier alpha value is -6.59. The van der Waals surface area contributed by atoms with Crippen LogP contribution in [0.25, 0.3) is 72.5 Å². The molecule has 4 aromatic heterocycles. The first-order chi connectivity index (χ1) is 30.1. The molecule has 0 saturated heterocycles. The third kappa shape index (κ3) is 8.62. The molecular formula is C53H36N6O2Pt2. The average molecular weight is 1180 g/mol. The Labute approximate surface area is 394 Å². The third-order valence-electron chi connectivity index (χ3n) is 10.6. The van der Waals surface area contributed by atoms with Gasteiger partial charge in [0.25, 0.3) is 0 Å². The molecule has 310 valence electrons. The minimum absolute atomic E-state index is 0. The zero-order chi connectivity index (χ0) is 41.1. The number of aryl methyl sites for hydroxylation is 2. The molecule has 6 aromatic carbocycles. The summed E-state index contributed by atoms with van der Waals surface area (Å²) in [5, 5.41) is 1.83. The maximum Gasteiger partial charge on any atom is 2.00 e. The number of benzene rings is 6. The van der Waals surface area contributed by atoms with Crippen LogP contribution in [0.3, 0.4) is 0 Å². The second-order valence-electron chi connectivity index (χ2n) is 14.3. The monoisotopic (exact) mass is 1180 g/mol. The van der Waals surface area contributed by atoms with Crippen LogP contribution in [0.5, 0.6) is 23.0 Å². The van der Waals surface area contributed by atoms with Gasteiger partial charge < -0.3 is 24.0 Å². The Morgan fingerprint density at radius 2 is 0.937 bits per heavy atom. The number of hydrogen-bond acceptors (Lipinski definition) is 7. The Morgan fingerprint density at radius 3 is 1.35 bits per heavy atom. The van der Waals surface area contributed by atoms with Crippen LogP contribution in [0, 0.1) is 24.3 Å². The average Bonchev–Trinajstić information content (AvgIpc) is 3.65.